The van der Waals surface area contributed by atoms with Crippen molar-refractivity contribution in [2.24, 2.45) is 0 Å². The van der Waals surface area contributed by atoms with Crippen LogP contribution in [0.5, 0.6) is 0 Å². The van der Waals surface area contributed by atoms with Gasteiger partial charge in [-0.05, 0) is 50.2 Å². The lowest BCUT2D eigenvalue weighted by Gasteiger charge is -2.09. The van der Waals surface area contributed by atoms with Gasteiger partial charge in [-0.15, -0.1) is 0 Å². The molecule has 2 aromatic carbocycles. The highest BCUT2D eigenvalue weighted by Gasteiger charge is 2.19. The van der Waals surface area contributed by atoms with E-state index in [4.69, 9.17) is 0 Å². The Morgan fingerprint density at radius 1 is 0.828 bits per heavy atom. The quantitative estimate of drug-likeness (QED) is 0.535. The lowest BCUT2D eigenvalue weighted by molar-refractivity contribution is 0.0943. The Balaban J connectivity index is 1.67. The monoisotopic (exact) mass is 391 g/mol. The Kier molecular flexibility index (Phi) is 5.73. The van der Waals surface area contributed by atoms with Crippen LogP contribution in [0.4, 0.5) is 11.4 Å². The number of aromatic amines is 1. The standard InChI is InChI=1S/C21H21N5O3/c1-12-8-13(2)10-14(9-12)19(27)25-15-4-6-16(7-5-15)26-21(29)18-17(20(28)22-3)23-11-24-18/h4-11H,1-3H3,(H,22,28)(H,23,24)(H,25,27)(H,26,29). The SMILES string of the molecule is CNC(=O)c1[nH]cnc1C(=O)Nc1ccc(NC(=O)c2cc(C)cc(C)c2)cc1. The summed E-state index contributed by atoms with van der Waals surface area (Å²) in [5.41, 5.74) is 3.80. The van der Waals surface area contributed by atoms with Crippen LogP contribution in [0.25, 0.3) is 0 Å². The first kappa shape index (κ1) is 19.8. The number of hydrogen-bond donors (Lipinski definition) is 4. The Morgan fingerprint density at radius 3 is 1.93 bits per heavy atom. The number of carbonyl (C=O) groups excluding carboxylic acids is 3. The average molecular weight is 391 g/mol. The van der Waals surface area contributed by atoms with Gasteiger partial charge in [0.1, 0.15) is 5.69 Å². The molecule has 8 nitrogen and oxygen atoms in total. The minimum atomic E-state index is -0.517. The van der Waals surface area contributed by atoms with Gasteiger partial charge >= 0.3 is 0 Å². The van der Waals surface area contributed by atoms with E-state index in [0.29, 0.717) is 16.9 Å². The summed E-state index contributed by atoms with van der Waals surface area (Å²) in [6.45, 7) is 3.88. The Bertz CT molecular complexity index is 1050. The lowest BCUT2D eigenvalue weighted by atomic mass is 10.1. The number of carbonyl (C=O) groups is 3. The van der Waals surface area contributed by atoms with Gasteiger partial charge in [0.15, 0.2) is 5.69 Å². The third kappa shape index (κ3) is 4.67. The fourth-order valence-corrected chi connectivity index (χ4v) is 2.90. The Morgan fingerprint density at radius 2 is 1.38 bits per heavy atom. The first-order valence-electron chi connectivity index (χ1n) is 8.94. The van der Waals surface area contributed by atoms with Crippen molar-refractivity contribution in [3.63, 3.8) is 0 Å². The molecular formula is C21H21N5O3. The number of anilines is 2. The number of benzene rings is 2. The van der Waals surface area contributed by atoms with E-state index in [1.54, 1.807) is 24.3 Å². The van der Waals surface area contributed by atoms with Gasteiger partial charge in [-0.2, -0.15) is 0 Å². The van der Waals surface area contributed by atoms with E-state index in [9.17, 15) is 14.4 Å². The molecule has 4 N–H and O–H groups in total. The molecule has 29 heavy (non-hydrogen) atoms. The molecule has 0 saturated carbocycles. The summed E-state index contributed by atoms with van der Waals surface area (Å²) < 4.78 is 0. The fraction of sp³-hybridized carbons (Fsp3) is 0.143. The minimum absolute atomic E-state index is 0.00320. The summed E-state index contributed by atoms with van der Waals surface area (Å²) in [5.74, 6) is -1.16. The van der Waals surface area contributed by atoms with E-state index in [2.05, 4.69) is 25.9 Å². The molecule has 0 unspecified atom stereocenters. The van der Waals surface area contributed by atoms with Gasteiger partial charge in [-0.3, -0.25) is 14.4 Å². The average Bonchev–Trinajstić information content (AvgIpc) is 3.18. The van der Waals surface area contributed by atoms with Gasteiger partial charge in [0.25, 0.3) is 17.7 Å². The zero-order valence-electron chi connectivity index (χ0n) is 16.3. The molecule has 0 aliphatic carbocycles. The molecule has 3 rings (SSSR count). The first-order valence-corrected chi connectivity index (χ1v) is 8.94. The molecule has 0 fully saturated rings. The molecular weight excluding hydrogens is 370 g/mol. The number of amides is 3. The second-order valence-corrected chi connectivity index (χ2v) is 6.57. The van der Waals surface area contributed by atoms with E-state index in [1.807, 2.05) is 32.0 Å². The highest BCUT2D eigenvalue weighted by atomic mass is 16.2. The van der Waals surface area contributed by atoms with E-state index < -0.39 is 11.8 Å². The zero-order valence-corrected chi connectivity index (χ0v) is 16.3. The van der Waals surface area contributed by atoms with E-state index in [0.717, 1.165) is 11.1 Å². The summed E-state index contributed by atoms with van der Waals surface area (Å²) in [6.07, 6.45) is 1.28. The molecule has 0 radical (unpaired) electrons. The van der Waals surface area contributed by atoms with Crippen molar-refractivity contribution in [1.29, 1.82) is 0 Å². The summed E-state index contributed by atoms with van der Waals surface area (Å²) in [5, 5.41) is 7.95. The summed E-state index contributed by atoms with van der Waals surface area (Å²) in [7, 11) is 1.47. The summed E-state index contributed by atoms with van der Waals surface area (Å²) >= 11 is 0. The van der Waals surface area contributed by atoms with Gasteiger partial charge in [-0.1, -0.05) is 17.2 Å². The fourth-order valence-electron chi connectivity index (χ4n) is 2.90. The third-order valence-corrected chi connectivity index (χ3v) is 4.19. The van der Waals surface area contributed by atoms with Crippen LogP contribution in [-0.4, -0.2) is 34.7 Å². The highest BCUT2D eigenvalue weighted by molar-refractivity contribution is 6.10. The highest BCUT2D eigenvalue weighted by Crippen LogP contribution is 2.17. The van der Waals surface area contributed by atoms with Crippen molar-refractivity contribution in [1.82, 2.24) is 15.3 Å². The smallest absolute Gasteiger partial charge is 0.276 e. The normalized spacial score (nSPS) is 10.3. The molecule has 148 valence electrons. The molecule has 0 aliphatic heterocycles. The van der Waals surface area contributed by atoms with Crippen LogP contribution in [0.3, 0.4) is 0 Å². The second-order valence-electron chi connectivity index (χ2n) is 6.57. The summed E-state index contributed by atoms with van der Waals surface area (Å²) in [4.78, 5) is 43.1. The summed E-state index contributed by atoms with van der Waals surface area (Å²) in [6, 6.07) is 12.3. The topological polar surface area (TPSA) is 116 Å². The maximum absolute atomic E-state index is 12.4. The lowest BCUT2D eigenvalue weighted by Crippen LogP contribution is -2.23. The van der Waals surface area contributed by atoms with Crippen LogP contribution < -0.4 is 16.0 Å². The van der Waals surface area contributed by atoms with Gasteiger partial charge in [0.2, 0.25) is 0 Å². The van der Waals surface area contributed by atoms with Crippen LogP contribution in [0.15, 0.2) is 48.8 Å². The van der Waals surface area contributed by atoms with Gasteiger partial charge in [-0.25, -0.2) is 4.98 Å². The number of aromatic nitrogens is 2. The number of rotatable bonds is 5. The van der Waals surface area contributed by atoms with Crippen molar-refractivity contribution >= 4 is 29.1 Å². The molecule has 0 spiro atoms. The Hall–Kier alpha value is -3.94. The molecule has 0 atom stereocenters. The predicted molar refractivity (Wildman–Crippen MR) is 110 cm³/mol. The van der Waals surface area contributed by atoms with E-state index in [1.165, 1.54) is 13.4 Å². The largest absolute Gasteiger partial charge is 0.354 e. The molecule has 8 heteroatoms. The Labute approximate surface area is 167 Å². The number of nitrogens with one attached hydrogen (secondary N) is 4. The third-order valence-electron chi connectivity index (χ3n) is 4.19. The van der Waals surface area contributed by atoms with Crippen LogP contribution in [0.2, 0.25) is 0 Å². The zero-order chi connectivity index (χ0) is 21.0. The van der Waals surface area contributed by atoms with E-state index >= 15 is 0 Å². The predicted octanol–water partition coefficient (Wildman–Crippen LogP) is 2.89. The molecule has 3 amide bonds. The van der Waals surface area contributed by atoms with Crippen molar-refractivity contribution in [2.45, 2.75) is 13.8 Å². The van der Waals surface area contributed by atoms with Crippen LogP contribution in [-0.2, 0) is 0 Å². The second kappa shape index (κ2) is 8.39. The van der Waals surface area contributed by atoms with Crippen LogP contribution in [0.1, 0.15) is 42.5 Å². The number of hydrogen-bond acceptors (Lipinski definition) is 4. The molecule has 3 aromatic rings. The van der Waals surface area contributed by atoms with Crippen molar-refractivity contribution in [3.8, 4) is 0 Å². The molecule has 1 aromatic heterocycles. The number of imidazole rings is 1. The van der Waals surface area contributed by atoms with Crippen LogP contribution >= 0.6 is 0 Å². The maximum Gasteiger partial charge on any atom is 0.276 e. The van der Waals surface area contributed by atoms with Crippen molar-refractivity contribution < 1.29 is 14.4 Å². The first-order chi connectivity index (χ1) is 13.9. The van der Waals surface area contributed by atoms with Crippen LogP contribution in [0, 0.1) is 13.8 Å². The minimum Gasteiger partial charge on any atom is -0.354 e. The van der Waals surface area contributed by atoms with Crippen molar-refractivity contribution in [3.05, 3.63) is 76.9 Å². The molecule has 0 bridgehead atoms. The van der Waals surface area contributed by atoms with E-state index in [-0.39, 0.29) is 17.3 Å². The number of aryl methyl sites for hydroxylation is 2. The molecule has 0 saturated heterocycles. The van der Waals surface area contributed by atoms with Gasteiger partial charge < -0.3 is 20.9 Å². The van der Waals surface area contributed by atoms with Gasteiger partial charge in [0.05, 0.1) is 6.33 Å². The number of H-pyrrole nitrogens is 1. The number of nitrogens with zero attached hydrogens (tertiary/aromatic N) is 1. The molecule has 1 heterocycles. The maximum atomic E-state index is 12.4. The van der Waals surface area contributed by atoms with Gasteiger partial charge in [0, 0.05) is 24.0 Å². The molecule has 0 aliphatic rings. The van der Waals surface area contributed by atoms with Crippen molar-refractivity contribution in [2.75, 3.05) is 17.7 Å².